The minimum Gasteiger partial charge on any atom is -0.327 e. The highest BCUT2D eigenvalue weighted by Gasteiger charge is 2.33. The van der Waals surface area contributed by atoms with Crippen LogP contribution in [0.25, 0.3) is 11.4 Å². The fraction of sp³-hybridized carbons (Fsp3) is 0.333. The standard InChI is InChI=1S/C24H25N5O2/c30-20-11-4-5-14-29(20)21(16-7-2-1-3-8-16)24(31)25-19-10-6-9-18(15-19)23-26-22(27-28-23)17-12-13-17/h1-3,6-10,15,17,21H,4-5,11-14H2,(H,25,31)(H,26,27,28). The van der Waals surface area contributed by atoms with Crippen LogP contribution in [0, 0.1) is 0 Å². The number of aromatic amines is 1. The van der Waals surface area contributed by atoms with Crippen LogP contribution >= 0.6 is 0 Å². The number of nitrogens with one attached hydrogen (secondary N) is 2. The molecule has 2 aliphatic rings. The van der Waals surface area contributed by atoms with Crippen LogP contribution in [0.1, 0.15) is 55.5 Å². The van der Waals surface area contributed by atoms with Gasteiger partial charge in [-0.3, -0.25) is 14.7 Å². The van der Waals surface area contributed by atoms with E-state index in [1.165, 1.54) is 0 Å². The number of carbonyl (C=O) groups is 2. The maximum Gasteiger partial charge on any atom is 0.251 e. The van der Waals surface area contributed by atoms with Gasteiger partial charge >= 0.3 is 0 Å². The number of benzene rings is 2. The molecule has 7 heteroatoms. The molecule has 5 rings (SSSR count). The molecule has 1 saturated carbocycles. The summed E-state index contributed by atoms with van der Waals surface area (Å²) >= 11 is 0. The number of H-pyrrole nitrogens is 1. The summed E-state index contributed by atoms with van der Waals surface area (Å²) in [4.78, 5) is 32.3. The van der Waals surface area contributed by atoms with Gasteiger partial charge in [-0.05, 0) is 43.4 Å². The van der Waals surface area contributed by atoms with Crippen molar-refractivity contribution < 1.29 is 9.59 Å². The fourth-order valence-electron chi connectivity index (χ4n) is 4.10. The Bertz CT molecular complexity index is 1090. The number of amides is 2. The molecular formula is C24H25N5O2. The summed E-state index contributed by atoms with van der Waals surface area (Å²) in [5.41, 5.74) is 2.31. The van der Waals surface area contributed by atoms with Gasteiger partial charge in [0.2, 0.25) is 5.91 Å². The first-order chi connectivity index (χ1) is 15.2. The molecule has 7 nitrogen and oxygen atoms in total. The molecule has 2 fully saturated rings. The Labute approximate surface area is 180 Å². The van der Waals surface area contributed by atoms with Gasteiger partial charge in [0.15, 0.2) is 5.82 Å². The fourth-order valence-corrected chi connectivity index (χ4v) is 4.10. The number of carbonyl (C=O) groups excluding carboxylic acids is 2. The highest BCUT2D eigenvalue weighted by atomic mass is 16.2. The van der Waals surface area contributed by atoms with Crippen molar-refractivity contribution in [3.63, 3.8) is 0 Å². The molecule has 2 N–H and O–H groups in total. The Morgan fingerprint density at radius 2 is 1.94 bits per heavy atom. The van der Waals surface area contributed by atoms with Crippen molar-refractivity contribution in [3.8, 4) is 11.4 Å². The van der Waals surface area contributed by atoms with E-state index < -0.39 is 6.04 Å². The predicted molar refractivity (Wildman–Crippen MR) is 117 cm³/mol. The van der Waals surface area contributed by atoms with Crippen LogP contribution in [0.15, 0.2) is 54.6 Å². The van der Waals surface area contributed by atoms with E-state index in [-0.39, 0.29) is 11.8 Å². The number of piperidine rings is 1. The molecule has 3 aromatic rings. The molecule has 1 saturated heterocycles. The average Bonchev–Trinajstić information content (AvgIpc) is 3.53. The Morgan fingerprint density at radius 1 is 1.10 bits per heavy atom. The zero-order chi connectivity index (χ0) is 21.2. The number of aromatic nitrogens is 3. The first-order valence-corrected chi connectivity index (χ1v) is 10.9. The van der Waals surface area contributed by atoms with Crippen molar-refractivity contribution in [2.45, 2.75) is 44.1 Å². The molecule has 1 unspecified atom stereocenters. The number of likely N-dealkylation sites (tertiary alicyclic amines) is 1. The van der Waals surface area contributed by atoms with E-state index in [2.05, 4.69) is 20.5 Å². The van der Waals surface area contributed by atoms with E-state index in [1.807, 2.05) is 54.6 Å². The van der Waals surface area contributed by atoms with Gasteiger partial charge < -0.3 is 10.2 Å². The summed E-state index contributed by atoms with van der Waals surface area (Å²) < 4.78 is 0. The van der Waals surface area contributed by atoms with Crippen molar-refractivity contribution >= 4 is 17.5 Å². The van der Waals surface area contributed by atoms with Gasteiger partial charge in [-0.15, -0.1) is 0 Å². The first-order valence-electron chi connectivity index (χ1n) is 10.9. The van der Waals surface area contributed by atoms with Crippen molar-refractivity contribution in [1.29, 1.82) is 0 Å². The molecule has 0 spiro atoms. The van der Waals surface area contributed by atoms with Crippen LogP contribution in [0.3, 0.4) is 0 Å². The van der Waals surface area contributed by atoms with E-state index in [1.54, 1.807) is 4.90 Å². The van der Waals surface area contributed by atoms with Crippen molar-refractivity contribution in [1.82, 2.24) is 20.1 Å². The SMILES string of the molecule is O=C(Nc1cccc(-c2n[nH]c(C3CC3)n2)c1)C(c1ccccc1)N1CCCCC1=O. The highest BCUT2D eigenvalue weighted by Crippen LogP contribution is 2.38. The van der Waals surface area contributed by atoms with Crippen LogP contribution in [0.5, 0.6) is 0 Å². The van der Waals surface area contributed by atoms with Gasteiger partial charge in [0, 0.05) is 30.1 Å². The van der Waals surface area contributed by atoms with E-state index >= 15 is 0 Å². The summed E-state index contributed by atoms with van der Waals surface area (Å²) in [5, 5.41) is 10.4. The molecule has 31 heavy (non-hydrogen) atoms. The molecular weight excluding hydrogens is 390 g/mol. The summed E-state index contributed by atoms with van der Waals surface area (Å²) in [7, 11) is 0. The number of rotatable bonds is 6. The Balaban J connectivity index is 1.39. The molecule has 1 aromatic heterocycles. The second-order valence-corrected chi connectivity index (χ2v) is 8.25. The lowest BCUT2D eigenvalue weighted by Gasteiger charge is -2.34. The summed E-state index contributed by atoms with van der Waals surface area (Å²) in [6, 6.07) is 16.4. The molecule has 1 aliphatic heterocycles. The van der Waals surface area contributed by atoms with E-state index in [9.17, 15) is 9.59 Å². The third-order valence-corrected chi connectivity index (χ3v) is 5.89. The Morgan fingerprint density at radius 3 is 2.71 bits per heavy atom. The Hall–Kier alpha value is -3.48. The van der Waals surface area contributed by atoms with Crippen LogP contribution in [0.2, 0.25) is 0 Å². The third kappa shape index (κ3) is 4.21. The van der Waals surface area contributed by atoms with Gasteiger partial charge in [0.05, 0.1) is 0 Å². The highest BCUT2D eigenvalue weighted by molar-refractivity contribution is 5.98. The lowest BCUT2D eigenvalue weighted by molar-refractivity contribution is -0.141. The van der Waals surface area contributed by atoms with E-state index in [0.717, 1.165) is 42.6 Å². The molecule has 1 aliphatic carbocycles. The normalized spacial score (nSPS) is 17.4. The number of nitrogens with zero attached hydrogens (tertiary/aromatic N) is 3. The quantitative estimate of drug-likeness (QED) is 0.636. The topological polar surface area (TPSA) is 91.0 Å². The van der Waals surface area contributed by atoms with Crippen molar-refractivity contribution in [2.24, 2.45) is 0 Å². The second-order valence-electron chi connectivity index (χ2n) is 8.25. The molecule has 2 amide bonds. The van der Waals surface area contributed by atoms with Crippen LogP contribution in [-0.2, 0) is 9.59 Å². The zero-order valence-corrected chi connectivity index (χ0v) is 17.3. The molecule has 2 aromatic carbocycles. The number of hydrogen-bond acceptors (Lipinski definition) is 4. The Kier molecular flexibility index (Phi) is 5.24. The monoisotopic (exact) mass is 415 g/mol. The average molecular weight is 415 g/mol. The smallest absolute Gasteiger partial charge is 0.251 e. The zero-order valence-electron chi connectivity index (χ0n) is 17.3. The minimum atomic E-state index is -0.650. The van der Waals surface area contributed by atoms with Crippen LogP contribution in [-0.4, -0.2) is 38.4 Å². The molecule has 158 valence electrons. The maximum absolute atomic E-state index is 13.4. The van der Waals surface area contributed by atoms with Gasteiger partial charge in [0.25, 0.3) is 5.91 Å². The van der Waals surface area contributed by atoms with Gasteiger partial charge in [0.1, 0.15) is 11.9 Å². The first kappa shape index (κ1) is 19.5. The van der Waals surface area contributed by atoms with Crippen molar-refractivity contribution in [2.75, 3.05) is 11.9 Å². The summed E-state index contributed by atoms with van der Waals surface area (Å²) in [6.07, 6.45) is 4.58. The maximum atomic E-state index is 13.4. The van der Waals surface area contributed by atoms with E-state index in [4.69, 9.17) is 0 Å². The third-order valence-electron chi connectivity index (χ3n) is 5.89. The second kappa shape index (κ2) is 8.34. The minimum absolute atomic E-state index is 0.0253. The molecule has 2 heterocycles. The van der Waals surface area contributed by atoms with Gasteiger partial charge in [-0.25, -0.2) is 4.98 Å². The number of hydrogen-bond donors (Lipinski definition) is 2. The molecule has 0 bridgehead atoms. The summed E-state index contributed by atoms with van der Waals surface area (Å²) in [5.74, 6) is 1.86. The van der Waals surface area contributed by atoms with E-state index in [0.29, 0.717) is 30.4 Å². The van der Waals surface area contributed by atoms with Gasteiger partial charge in [-0.1, -0.05) is 42.5 Å². The lowest BCUT2D eigenvalue weighted by Crippen LogP contribution is -2.43. The lowest BCUT2D eigenvalue weighted by atomic mass is 10.0. The van der Waals surface area contributed by atoms with Crippen molar-refractivity contribution in [3.05, 3.63) is 66.0 Å². The van der Waals surface area contributed by atoms with Gasteiger partial charge in [-0.2, -0.15) is 5.10 Å². The molecule has 0 radical (unpaired) electrons. The number of anilines is 1. The largest absolute Gasteiger partial charge is 0.327 e. The molecule has 1 atom stereocenters. The summed E-state index contributed by atoms with van der Waals surface area (Å²) in [6.45, 7) is 0.590. The van der Waals surface area contributed by atoms with Crippen LogP contribution < -0.4 is 5.32 Å². The predicted octanol–water partition coefficient (Wildman–Crippen LogP) is 4.04. The van der Waals surface area contributed by atoms with Crippen LogP contribution in [0.4, 0.5) is 5.69 Å².